The van der Waals surface area contributed by atoms with Gasteiger partial charge in [-0.15, -0.1) is 12.4 Å². The molecule has 1 amide bonds. The second-order valence-electron chi connectivity index (χ2n) is 4.96. The van der Waals surface area contributed by atoms with Crippen LogP contribution in [0.1, 0.15) is 30.4 Å². The molecule has 1 heterocycles. The highest BCUT2D eigenvalue weighted by molar-refractivity contribution is 5.95. The second-order valence-corrected chi connectivity index (χ2v) is 4.96. The standard InChI is InChI=1S/C15H18N2O.ClH/c16-10-12-4-1-3-11-9-13(6-7-14(11)12)17-8-2-5-15(17)18;/h4,6-7,9H,1-3,5,8,10,16H2;1H. The van der Waals surface area contributed by atoms with E-state index in [9.17, 15) is 4.79 Å². The number of anilines is 1. The van der Waals surface area contributed by atoms with E-state index in [4.69, 9.17) is 5.73 Å². The Bertz CT molecular complexity index is 525. The first-order chi connectivity index (χ1) is 8.79. The molecule has 0 atom stereocenters. The van der Waals surface area contributed by atoms with E-state index >= 15 is 0 Å². The van der Waals surface area contributed by atoms with Gasteiger partial charge in [-0.25, -0.2) is 0 Å². The predicted molar refractivity (Wildman–Crippen MR) is 80.6 cm³/mol. The molecule has 2 N–H and O–H groups in total. The van der Waals surface area contributed by atoms with Gasteiger partial charge in [0.05, 0.1) is 0 Å². The number of nitrogens with two attached hydrogens (primary N) is 1. The minimum absolute atomic E-state index is 0. The smallest absolute Gasteiger partial charge is 0.227 e. The summed E-state index contributed by atoms with van der Waals surface area (Å²) in [5, 5.41) is 0. The van der Waals surface area contributed by atoms with E-state index in [1.54, 1.807) is 0 Å². The summed E-state index contributed by atoms with van der Waals surface area (Å²) in [5.41, 5.74) is 10.6. The SMILES string of the molecule is Cl.NCC1=CCCc2cc(N3CCCC3=O)ccc21. The third-order valence-corrected chi connectivity index (χ3v) is 3.84. The highest BCUT2D eigenvalue weighted by atomic mass is 35.5. The minimum Gasteiger partial charge on any atom is -0.326 e. The van der Waals surface area contributed by atoms with Gasteiger partial charge in [0.25, 0.3) is 0 Å². The van der Waals surface area contributed by atoms with Crippen molar-refractivity contribution in [1.82, 2.24) is 0 Å². The Labute approximate surface area is 119 Å². The van der Waals surface area contributed by atoms with Gasteiger partial charge in [0.1, 0.15) is 0 Å². The molecule has 0 bridgehead atoms. The van der Waals surface area contributed by atoms with Gasteiger partial charge in [-0.3, -0.25) is 4.79 Å². The first-order valence-corrected chi connectivity index (χ1v) is 6.62. The number of rotatable bonds is 2. The zero-order valence-corrected chi connectivity index (χ0v) is 11.7. The Morgan fingerprint density at radius 1 is 1.26 bits per heavy atom. The van der Waals surface area contributed by atoms with Crippen LogP contribution in [0.3, 0.4) is 0 Å². The summed E-state index contributed by atoms with van der Waals surface area (Å²) < 4.78 is 0. The fourth-order valence-electron chi connectivity index (χ4n) is 2.89. The monoisotopic (exact) mass is 278 g/mol. The number of hydrogen-bond acceptors (Lipinski definition) is 2. The van der Waals surface area contributed by atoms with Crippen molar-refractivity contribution >= 4 is 29.6 Å². The van der Waals surface area contributed by atoms with Crippen LogP contribution in [0.5, 0.6) is 0 Å². The molecular formula is C15H19ClN2O. The Kier molecular flexibility index (Phi) is 4.27. The van der Waals surface area contributed by atoms with Gasteiger partial charge in [0, 0.05) is 25.2 Å². The van der Waals surface area contributed by atoms with E-state index in [0.717, 1.165) is 31.5 Å². The molecule has 2 aliphatic rings. The lowest BCUT2D eigenvalue weighted by atomic mass is 9.90. The summed E-state index contributed by atoms with van der Waals surface area (Å²) in [6.45, 7) is 1.45. The fraction of sp³-hybridized carbons (Fsp3) is 0.400. The normalized spacial score (nSPS) is 17.8. The molecule has 0 saturated carbocycles. The number of nitrogens with zero attached hydrogens (tertiary/aromatic N) is 1. The topological polar surface area (TPSA) is 46.3 Å². The fourth-order valence-corrected chi connectivity index (χ4v) is 2.89. The Balaban J connectivity index is 0.00000133. The van der Waals surface area contributed by atoms with Crippen LogP contribution in [-0.2, 0) is 11.2 Å². The molecule has 1 saturated heterocycles. The van der Waals surface area contributed by atoms with Crippen molar-refractivity contribution in [2.75, 3.05) is 18.0 Å². The molecule has 0 aromatic heterocycles. The van der Waals surface area contributed by atoms with Crippen LogP contribution in [0, 0.1) is 0 Å². The average Bonchev–Trinajstić information content (AvgIpc) is 2.83. The number of carbonyl (C=O) groups excluding carboxylic acids is 1. The van der Waals surface area contributed by atoms with Crippen LogP contribution in [0.2, 0.25) is 0 Å². The summed E-state index contributed by atoms with van der Waals surface area (Å²) >= 11 is 0. The van der Waals surface area contributed by atoms with E-state index < -0.39 is 0 Å². The molecule has 0 spiro atoms. The van der Waals surface area contributed by atoms with E-state index in [1.807, 2.05) is 4.90 Å². The molecule has 102 valence electrons. The lowest BCUT2D eigenvalue weighted by molar-refractivity contribution is -0.117. The van der Waals surface area contributed by atoms with Crippen LogP contribution in [0.25, 0.3) is 5.57 Å². The lowest BCUT2D eigenvalue weighted by Crippen LogP contribution is -2.24. The van der Waals surface area contributed by atoms with Crippen molar-refractivity contribution in [2.45, 2.75) is 25.7 Å². The number of aryl methyl sites for hydroxylation is 1. The maximum absolute atomic E-state index is 11.8. The number of amides is 1. The van der Waals surface area contributed by atoms with Crippen molar-refractivity contribution in [1.29, 1.82) is 0 Å². The molecule has 19 heavy (non-hydrogen) atoms. The maximum Gasteiger partial charge on any atom is 0.227 e. The molecular weight excluding hydrogens is 260 g/mol. The first-order valence-electron chi connectivity index (χ1n) is 6.62. The number of hydrogen-bond donors (Lipinski definition) is 1. The zero-order valence-electron chi connectivity index (χ0n) is 10.9. The maximum atomic E-state index is 11.8. The summed E-state index contributed by atoms with van der Waals surface area (Å²) in [5.74, 6) is 0.250. The molecule has 1 fully saturated rings. The zero-order chi connectivity index (χ0) is 12.5. The predicted octanol–water partition coefficient (Wildman–Crippen LogP) is 2.52. The van der Waals surface area contributed by atoms with Crippen molar-refractivity contribution < 1.29 is 4.79 Å². The number of halogens is 1. The Morgan fingerprint density at radius 3 is 2.79 bits per heavy atom. The number of carbonyl (C=O) groups is 1. The average molecular weight is 279 g/mol. The van der Waals surface area contributed by atoms with Crippen LogP contribution in [0.4, 0.5) is 5.69 Å². The van der Waals surface area contributed by atoms with Crippen LogP contribution in [0.15, 0.2) is 24.3 Å². The largest absolute Gasteiger partial charge is 0.326 e. The minimum atomic E-state index is 0. The van der Waals surface area contributed by atoms with E-state index in [0.29, 0.717) is 13.0 Å². The van der Waals surface area contributed by atoms with Crippen LogP contribution in [-0.4, -0.2) is 19.0 Å². The van der Waals surface area contributed by atoms with E-state index in [1.165, 1.54) is 16.7 Å². The number of fused-ring (bicyclic) bond motifs is 1. The number of allylic oxidation sites excluding steroid dienone is 1. The van der Waals surface area contributed by atoms with E-state index in [2.05, 4.69) is 24.3 Å². The van der Waals surface area contributed by atoms with Gasteiger partial charge < -0.3 is 10.6 Å². The quantitative estimate of drug-likeness (QED) is 0.904. The summed E-state index contributed by atoms with van der Waals surface area (Å²) in [7, 11) is 0. The summed E-state index contributed by atoms with van der Waals surface area (Å²) in [6.07, 6.45) is 5.99. The van der Waals surface area contributed by atoms with Crippen molar-refractivity contribution in [3.63, 3.8) is 0 Å². The van der Waals surface area contributed by atoms with Gasteiger partial charge in [0.15, 0.2) is 0 Å². The summed E-state index contributed by atoms with van der Waals surface area (Å²) in [6, 6.07) is 6.34. The highest BCUT2D eigenvalue weighted by Gasteiger charge is 2.22. The molecule has 4 heteroatoms. The third kappa shape index (κ3) is 2.53. The first kappa shape index (κ1) is 14.1. The summed E-state index contributed by atoms with van der Waals surface area (Å²) in [4.78, 5) is 13.7. The van der Waals surface area contributed by atoms with E-state index in [-0.39, 0.29) is 18.3 Å². The molecule has 1 aromatic carbocycles. The van der Waals surface area contributed by atoms with Crippen molar-refractivity contribution in [2.24, 2.45) is 5.73 Å². The number of benzene rings is 1. The Hall–Kier alpha value is -1.32. The van der Waals surface area contributed by atoms with Gasteiger partial charge >= 0.3 is 0 Å². The van der Waals surface area contributed by atoms with Gasteiger partial charge in [0.2, 0.25) is 5.91 Å². The molecule has 1 aliphatic carbocycles. The van der Waals surface area contributed by atoms with Crippen molar-refractivity contribution in [3.8, 4) is 0 Å². The van der Waals surface area contributed by atoms with Gasteiger partial charge in [-0.1, -0.05) is 12.1 Å². The molecule has 1 aromatic rings. The van der Waals surface area contributed by atoms with Gasteiger partial charge in [-0.2, -0.15) is 0 Å². The van der Waals surface area contributed by atoms with Gasteiger partial charge in [-0.05, 0) is 48.1 Å². The lowest BCUT2D eigenvalue weighted by Gasteiger charge is -2.21. The van der Waals surface area contributed by atoms with Crippen molar-refractivity contribution in [3.05, 3.63) is 35.4 Å². The molecule has 3 rings (SSSR count). The molecule has 3 nitrogen and oxygen atoms in total. The highest BCUT2D eigenvalue weighted by Crippen LogP contribution is 2.30. The second kappa shape index (κ2) is 5.76. The molecule has 1 aliphatic heterocycles. The van der Waals surface area contributed by atoms with Crippen LogP contribution >= 0.6 is 12.4 Å². The molecule has 0 unspecified atom stereocenters. The Morgan fingerprint density at radius 2 is 2.11 bits per heavy atom. The van der Waals surface area contributed by atoms with Crippen LogP contribution < -0.4 is 10.6 Å². The molecule has 0 radical (unpaired) electrons. The third-order valence-electron chi connectivity index (χ3n) is 3.84.